The molecule has 0 aromatic carbocycles. The van der Waals surface area contributed by atoms with Gasteiger partial charge in [0, 0.05) is 6.54 Å². The van der Waals surface area contributed by atoms with E-state index in [0.29, 0.717) is 0 Å². The molecule has 1 aliphatic heterocycles. The molecule has 0 spiro atoms. The molecule has 0 unspecified atom stereocenters. The summed E-state index contributed by atoms with van der Waals surface area (Å²) in [6, 6.07) is 0. The van der Waals surface area contributed by atoms with E-state index < -0.39 is 0 Å². The summed E-state index contributed by atoms with van der Waals surface area (Å²) in [7, 11) is 0. The number of likely N-dealkylation sites (tertiary alicyclic amines) is 1. The SMILES string of the molecule is CCCN1CCC[C@H](C)C1. The minimum absolute atomic E-state index is 0.945. The molecule has 60 valence electrons. The summed E-state index contributed by atoms with van der Waals surface area (Å²) in [6.45, 7) is 8.62. The van der Waals surface area contributed by atoms with Gasteiger partial charge < -0.3 is 4.90 Å². The molecule has 1 saturated heterocycles. The van der Waals surface area contributed by atoms with E-state index in [4.69, 9.17) is 0 Å². The van der Waals surface area contributed by atoms with Crippen LogP contribution >= 0.6 is 0 Å². The third-order valence-electron chi connectivity index (χ3n) is 2.28. The first-order valence-electron chi connectivity index (χ1n) is 4.55. The Balaban J connectivity index is 2.18. The molecule has 0 N–H and O–H groups in total. The maximum atomic E-state index is 2.59. The van der Waals surface area contributed by atoms with Crippen molar-refractivity contribution in [2.75, 3.05) is 19.6 Å². The Morgan fingerprint density at radius 2 is 2.30 bits per heavy atom. The largest absolute Gasteiger partial charge is 0.303 e. The van der Waals surface area contributed by atoms with Gasteiger partial charge in [-0.25, -0.2) is 0 Å². The molecule has 0 aromatic rings. The zero-order valence-corrected chi connectivity index (χ0v) is 7.27. The lowest BCUT2D eigenvalue weighted by atomic mass is 10.0. The predicted molar refractivity (Wildman–Crippen MR) is 45.1 cm³/mol. The van der Waals surface area contributed by atoms with Crippen LogP contribution in [0.2, 0.25) is 0 Å². The lowest BCUT2D eigenvalue weighted by molar-refractivity contribution is 0.184. The molecule has 0 radical (unpaired) electrons. The topological polar surface area (TPSA) is 3.24 Å². The first kappa shape index (κ1) is 8.06. The molecule has 1 heterocycles. The maximum Gasteiger partial charge on any atom is 0.000702 e. The van der Waals surface area contributed by atoms with Crippen molar-refractivity contribution in [2.24, 2.45) is 5.92 Å². The average Bonchev–Trinajstić information content (AvgIpc) is 1.88. The quantitative estimate of drug-likeness (QED) is 0.569. The second kappa shape index (κ2) is 3.97. The summed E-state index contributed by atoms with van der Waals surface area (Å²) in [5, 5.41) is 0. The molecule has 0 saturated carbocycles. The third-order valence-corrected chi connectivity index (χ3v) is 2.28. The van der Waals surface area contributed by atoms with Gasteiger partial charge in [0.15, 0.2) is 0 Å². The Bertz CT molecular complexity index is 88.7. The number of nitrogens with zero attached hydrogens (tertiary/aromatic N) is 1. The molecule has 0 aromatic heterocycles. The van der Waals surface area contributed by atoms with E-state index in [9.17, 15) is 0 Å². The van der Waals surface area contributed by atoms with E-state index >= 15 is 0 Å². The van der Waals surface area contributed by atoms with Crippen LogP contribution in [0.3, 0.4) is 0 Å². The van der Waals surface area contributed by atoms with Crippen molar-refractivity contribution in [3.63, 3.8) is 0 Å². The minimum Gasteiger partial charge on any atom is -0.303 e. The number of piperidine rings is 1. The van der Waals surface area contributed by atoms with Gasteiger partial charge in [0.05, 0.1) is 0 Å². The summed E-state index contributed by atoms with van der Waals surface area (Å²) < 4.78 is 0. The molecule has 10 heavy (non-hydrogen) atoms. The summed E-state index contributed by atoms with van der Waals surface area (Å²) in [4.78, 5) is 2.59. The van der Waals surface area contributed by atoms with Gasteiger partial charge in [-0.3, -0.25) is 0 Å². The molecular weight excluding hydrogens is 122 g/mol. The molecule has 0 aliphatic carbocycles. The molecule has 1 aliphatic rings. The summed E-state index contributed by atoms with van der Waals surface area (Å²) in [5.74, 6) is 0.945. The summed E-state index contributed by atoms with van der Waals surface area (Å²) >= 11 is 0. The highest BCUT2D eigenvalue weighted by Crippen LogP contribution is 2.14. The van der Waals surface area contributed by atoms with Crippen LogP contribution in [0.1, 0.15) is 33.1 Å². The first-order chi connectivity index (χ1) is 4.83. The van der Waals surface area contributed by atoms with E-state index in [1.165, 1.54) is 38.9 Å². The molecular formula is C9H19N. The lowest BCUT2D eigenvalue weighted by Crippen LogP contribution is -2.34. The molecule has 0 amide bonds. The standard InChI is InChI=1S/C9H19N/c1-3-6-10-7-4-5-9(2)8-10/h9H,3-8H2,1-2H3/t9-/m0/s1. The van der Waals surface area contributed by atoms with Crippen LogP contribution < -0.4 is 0 Å². The molecule has 1 fully saturated rings. The smallest absolute Gasteiger partial charge is 0.000702 e. The predicted octanol–water partition coefficient (Wildman–Crippen LogP) is 2.13. The Morgan fingerprint density at radius 1 is 1.50 bits per heavy atom. The third kappa shape index (κ3) is 2.30. The molecule has 1 heteroatoms. The fraction of sp³-hybridized carbons (Fsp3) is 1.00. The van der Waals surface area contributed by atoms with Crippen LogP contribution in [0.15, 0.2) is 0 Å². The first-order valence-corrected chi connectivity index (χ1v) is 4.55. The normalized spacial score (nSPS) is 28.8. The summed E-state index contributed by atoms with van der Waals surface area (Å²) in [5.41, 5.74) is 0. The highest BCUT2D eigenvalue weighted by atomic mass is 15.1. The van der Waals surface area contributed by atoms with Crippen LogP contribution in [-0.4, -0.2) is 24.5 Å². The van der Waals surface area contributed by atoms with E-state index in [0.717, 1.165) is 5.92 Å². The van der Waals surface area contributed by atoms with Crippen LogP contribution in [0, 0.1) is 5.92 Å². The Labute approximate surface area is 64.4 Å². The number of hydrogen-bond donors (Lipinski definition) is 0. The second-order valence-electron chi connectivity index (χ2n) is 3.55. The van der Waals surface area contributed by atoms with Crippen molar-refractivity contribution in [3.8, 4) is 0 Å². The minimum atomic E-state index is 0.945. The Hall–Kier alpha value is -0.0400. The Morgan fingerprint density at radius 3 is 2.90 bits per heavy atom. The van der Waals surface area contributed by atoms with Crippen LogP contribution in [0.5, 0.6) is 0 Å². The van der Waals surface area contributed by atoms with E-state index in [2.05, 4.69) is 18.7 Å². The van der Waals surface area contributed by atoms with Gasteiger partial charge >= 0.3 is 0 Å². The fourth-order valence-corrected chi connectivity index (χ4v) is 1.81. The van der Waals surface area contributed by atoms with E-state index in [1.54, 1.807) is 0 Å². The van der Waals surface area contributed by atoms with Gasteiger partial charge in [-0.15, -0.1) is 0 Å². The van der Waals surface area contributed by atoms with Crippen molar-refractivity contribution < 1.29 is 0 Å². The number of hydrogen-bond acceptors (Lipinski definition) is 1. The van der Waals surface area contributed by atoms with Crippen LogP contribution in [0.4, 0.5) is 0 Å². The molecule has 1 rings (SSSR count). The van der Waals surface area contributed by atoms with Crippen LogP contribution in [0.25, 0.3) is 0 Å². The summed E-state index contributed by atoms with van der Waals surface area (Å²) in [6.07, 6.45) is 4.17. The van der Waals surface area contributed by atoms with Crippen molar-refractivity contribution >= 4 is 0 Å². The Kier molecular flexibility index (Phi) is 3.20. The van der Waals surface area contributed by atoms with Crippen molar-refractivity contribution in [1.29, 1.82) is 0 Å². The fourth-order valence-electron chi connectivity index (χ4n) is 1.81. The molecule has 1 atom stereocenters. The highest BCUT2D eigenvalue weighted by molar-refractivity contribution is 4.68. The van der Waals surface area contributed by atoms with Crippen molar-refractivity contribution in [2.45, 2.75) is 33.1 Å². The van der Waals surface area contributed by atoms with Gasteiger partial charge in [-0.2, -0.15) is 0 Å². The van der Waals surface area contributed by atoms with Gasteiger partial charge in [-0.1, -0.05) is 13.8 Å². The number of rotatable bonds is 2. The molecule has 0 bridgehead atoms. The zero-order chi connectivity index (χ0) is 7.40. The van der Waals surface area contributed by atoms with E-state index in [-0.39, 0.29) is 0 Å². The van der Waals surface area contributed by atoms with Gasteiger partial charge in [0.25, 0.3) is 0 Å². The van der Waals surface area contributed by atoms with Gasteiger partial charge in [0.2, 0.25) is 0 Å². The second-order valence-corrected chi connectivity index (χ2v) is 3.55. The van der Waals surface area contributed by atoms with Gasteiger partial charge in [0.1, 0.15) is 0 Å². The monoisotopic (exact) mass is 141 g/mol. The van der Waals surface area contributed by atoms with E-state index in [1.807, 2.05) is 0 Å². The molecule has 1 nitrogen and oxygen atoms in total. The van der Waals surface area contributed by atoms with Gasteiger partial charge in [-0.05, 0) is 38.3 Å². The zero-order valence-electron chi connectivity index (χ0n) is 7.27. The highest BCUT2D eigenvalue weighted by Gasteiger charge is 2.14. The van der Waals surface area contributed by atoms with Crippen molar-refractivity contribution in [1.82, 2.24) is 4.90 Å². The lowest BCUT2D eigenvalue weighted by Gasteiger charge is -2.30. The average molecular weight is 141 g/mol. The van der Waals surface area contributed by atoms with Crippen molar-refractivity contribution in [3.05, 3.63) is 0 Å². The maximum absolute atomic E-state index is 2.59. The van der Waals surface area contributed by atoms with Crippen LogP contribution in [-0.2, 0) is 0 Å².